The first-order chi connectivity index (χ1) is 11.8. The second-order valence-corrected chi connectivity index (χ2v) is 6.78. The molecule has 2 aromatic heterocycles. The Morgan fingerprint density at radius 2 is 1.88 bits per heavy atom. The molecular weight excluding hydrogens is 386 g/mol. The Kier molecular flexibility index (Phi) is 4.59. The van der Waals surface area contributed by atoms with Gasteiger partial charge in [-0.2, -0.15) is 0 Å². The number of carbonyl (C=O) groups is 1. The summed E-state index contributed by atoms with van der Waals surface area (Å²) in [6.45, 7) is 3.77. The van der Waals surface area contributed by atoms with Crippen LogP contribution in [0.1, 0.15) is 27.2 Å². The van der Waals surface area contributed by atoms with Crippen LogP contribution in [-0.2, 0) is 6.54 Å². The first kappa shape index (κ1) is 17.2. The van der Waals surface area contributed by atoms with Gasteiger partial charge in [0.25, 0.3) is 11.5 Å². The number of fused-ring (bicyclic) bond motifs is 1. The van der Waals surface area contributed by atoms with Gasteiger partial charge in [0.1, 0.15) is 0 Å². The van der Waals surface area contributed by atoms with Gasteiger partial charge in [-0.3, -0.25) is 14.4 Å². The van der Waals surface area contributed by atoms with Gasteiger partial charge in [0.15, 0.2) is 0 Å². The van der Waals surface area contributed by atoms with Crippen molar-refractivity contribution in [2.75, 3.05) is 0 Å². The number of aromatic nitrogens is 2. The third-order valence-electron chi connectivity index (χ3n) is 3.97. The smallest absolute Gasteiger partial charge is 0.253 e. The predicted octanol–water partition coefficient (Wildman–Crippen LogP) is 2.53. The Morgan fingerprint density at radius 1 is 1.12 bits per heavy atom. The van der Waals surface area contributed by atoms with Crippen LogP contribution in [0.2, 0.25) is 0 Å². The molecule has 0 aliphatic carbocycles. The molecule has 0 fully saturated rings. The van der Waals surface area contributed by atoms with Crippen molar-refractivity contribution in [2.45, 2.75) is 20.4 Å². The van der Waals surface area contributed by atoms with E-state index < -0.39 is 0 Å². The molecule has 7 heteroatoms. The van der Waals surface area contributed by atoms with Crippen LogP contribution in [0.3, 0.4) is 0 Å². The van der Waals surface area contributed by atoms with Gasteiger partial charge < -0.3 is 15.3 Å². The van der Waals surface area contributed by atoms with Gasteiger partial charge in [-0.05, 0) is 43.7 Å². The fourth-order valence-electron chi connectivity index (χ4n) is 2.79. The van der Waals surface area contributed by atoms with Crippen molar-refractivity contribution in [3.8, 4) is 0 Å². The molecule has 0 aliphatic heterocycles. The van der Waals surface area contributed by atoms with Crippen LogP contribution in [0.5, 0.6) is 0 Å². The van der Waals surface area contributed by atoms with Gasteiger partial charge >= 0.3 is 0 Å². The van der Waals surface area contributed by atoms with E-state index in [0.29, 0.717) is 26.5 Å². The normalized spacial score (nSPS) is 10.8. The van der Waals surface area contributed by atoms with Crippen LogP contribution in [-0.4, -0.2) is 15.9 Å². The summed E-state index contributed by atoms with van der Waals surface area (Å²) < 4.78 is 0.677. The van der Waals surface area contributed by atoms with Crippen LogP contribution in [0.15, 0.2) is 44.4 Å². The highest BCUT2D eigenvalue weighted by Crippen LogP contribution is 2.22. The molecule has 0 atom stereocenters. The summed E-state index contributed by atoms with van der Waals surface area (Å²) in [4.78, 5) is 41.6. The van der Waals surface area contributed by atoms with Crippen LogP contribution < -0.4 is 16.4 Å². The summed E-state index contributed by atoms with van der Waals surface area (Å²) in [6.07, 6.45) is 0. The molecule has 3 N–H and O–H groups in total. The van der Waals surface area contributed by atoms with Crippen molar-refractivity contribution in [3.63, 3.8) is 0 Å². The Hall–Kier alpha value is -2.67. The topological polar surface area (TPSA) is 94.8 Å². The molecule has 2 heterocycles. The fourth-order valence-corrected chi connectivity index (χ4v) is 3.25. The molecule has 0 radical (unpaired) electrons. The van der Waals surface area contributed by atoms with Crippen LogP contribution in [0, 0.1) is 13.8 Å². The lowest BCUT2D eigenvalue weighted by Crippen LogP contribution is -2.28. The quantitative estimate of drug-likeness (QED) is 0.629. The number of nitrogens with one attached hydrogen (secondary N) is 3. The molecule has 0 bridgehead atoms. The van der Waals surface area contributed by atoms with E-state index in [1.165, 1.54) is 6.07 Å². The number of pyridine rings is 2. The Morgan fingerprint density at radius 3 is 2.60 bits per heavy atom. The maximum absolute atomic E-state index is 12.6. The third kappa shape index (κ3) is 3.56. The first-order valence-electron chi connectivity index (χ1n) is 7.65. The second-order valence-electron chi connectivity index (χ2n) is 5.86. The minimum Gasteiger partial charge on any atom is -0.348 e. The average molecular weight is 402 g/mol. The highest BCUT2D eigenvalue weighted by Gasteiger charge is 2.13. The van der Waals surface area contributed by atoms with E-state index in [1.807, 2.05) is 19.9 Å². The zero-order chi connectivity index (χ0) is 18.1. The van der Waals surface area contributed by atoms with Crippen molar-refractivity contribution in [3.05, 3.63) is 77.9 Å². The predicted molar refractivity (Wildman–Crippen MR) is 100.0 cm³/mol. The summed E-state index contributed by atoms with van der Waals surface area (Å²) in [6, 6.07) is 8.27. The van der Waals surface area contributed by atoms with Crippen molar-refractivity contribution >= 4 is 32.7 Å². The van der Waals surface area contributed by atoms with Crippen molar-refractivity contribution in [2.24, 2.45) is 0 Å². The van der Waals surface area contributed by atoms with E-state index in [9.17, 15) is 14.4 Å². The molecule has 0 saturated heterocycles. The van der Waals surface area contributed by atoms with E-state index in [4.69, 9.17) is 0 Å². The van der Waals surface area contributed by atoms with Crippen molar-refractivity contribution in [1.29, 1.82) is 0 Å². The molecule has 1 aromatic carbocycles. The molecule has 1 amide bonds. The molecular formula is C18H16BrN3O3. The summed E-state index contributed by atoms with van der Waals surface area (Å²) in [5, 5.41) is 3.41. The van der Waals surface area contributed by atoms with Crippen LogP contribution >= 0.6 is 15.9 Å². The molecule has 3 aromatic rings. The lowest BCUT2D eigenvalue weighted by molar-refractivity contribution is 0.0952. The number of hydrogen-bond donors (Lipinski definition) is 3. The number of benzene rings is 1. The molecule has 128 valence electrons. The summed E-state index contributed by atoms with van der Waals surface area (Å²) >= 11 is 3.35. The molecule has 0 spiro atoms. The number of halogens is 1. The van der Waals surface area contributed by atoms with Gasteiger partial charge in [0, 0.05) is 39.3 Å². The monoisotopic (exact) mass is 401 g/mol. The molecule has 0 aliphatic rings. The van der Waals surface area contributed by atoms with E-state index in [1.54, 1.807) is 18.2 Å². The standard InChI is InChI=1S/C18H16BrN3O3/c1-9-5-10(2)21-18(25)14(9)8-20-17(24)13-6-11(19)7-15-12(13)3-4-16(23)22-15/h3-7H,8H2,1-2H3,(H,20,24)(H,21,25)(H,22,23). The zero-order valence-electron chi connectivity index (χ0n) is 13.7. The fraction of sp³-hybridized carbons (Fsp3) is 0.167. The zero-order valence-corrected chi connectivity index (χ0v) is 15.3. The molecule has 25 heavy (non-hydrogen) atoms. The SMILES string of the molecule is Cc1cc(C)c(CNC(=O)c2cc(Br)cc3[nH]c(=O)ccc23)c(=O)[nH]1. The van der Waals surface area contributed by atoms with Crippen LogP contribution in [0.4, 0.5) is 0 Å². The van der Waals surface area contributed by atoms with Gasteiger partial charge in [0.2, 0.25) is 5.56 Å². The first-order valence-corrected chi connectivity index (χ1v) is 8.44. The largest absolute Gasteiger partial charge is 0.348 e. The van der Waals surface area contributed by atoms with Crippen molar-refractivity contribution < 1.29 is 4.79 Å². The number of amides is 1. The van der Waals surface area contributed by atoms with E-state index in [2.05, 4.69) is 31.2 Å². The van der Waals surface area contributed by atoms with E-state index in [0.717, 1.165) is 11.3 Å². The highest BCUT2D eigenvalue weighted by atomic mass is 79.9. The summed E-state index contributed by atoms with van der Waals surface area (Å²) in [5.74, 6) is -0.322. The Bertz CT molecular complexity index is 1100. The highest BCUT2D eigenvalue weighted by molar-refractivity contribution is 9.10. The number of H-pyrrole nitrogens is 2. The van der Waals surface area contributed by atoms with E-state index >= 15 is 0 Å². The summed E-state index contributed by atoms with van der Waals surface area (Å²) in [5.41, 5.74) is 2.66. The Balaban J connectivity index is 1.94. The molecule has 0 saturated carbocycles. The van der Waals surface area contributed by atoms with Gasteiger partial charge in [-0.1, -0.05) is 15.9 Å². The summed E-state index contributed by atoms with van der Waals surface area (Å²) in [7, 11) is 0. The number of aromatic amines is 2. The number of carbonyl (C=O) groups excluding carboxylic acids is 1. The second kappa shape index (κ2) is 6.68. The van der Waals surface area contributed by atoms with Gasteiger partial charge in [-0.25, -0.2) is 0 Å². The number of hydrogen-bond acceptors (Lipinski definition) is 3. The van der Waals surface area contributed by atoms with Crippen molar-refractivity contribution in [1.82, 2.24) is 15.3 Å². The third-order valence-corrected chi connectivity index (χ3v) is 4.43. The molecule has 0 unspecified atom stereocenters. The van der Waals surface area contributed by atoms with E-state index in [-0.39, 0.29) is 23.6 Å². The average Bonchev–Trinajstić information content (AvgIpc) is 2.52. The lowest BCUT2D eigenvalue weighted by atomic mass is 10.1. The Labute approximate surface area is 151 Å². The van der Waals surface area contributed by atoms with Gasteiger partial charge in [0.05, 0.1) is 5.52 Å². The number of aryl methyl sites for hydroxylation is 2. The molecule has 3 rings (SSSR count). The van der Waals surface area contributed by atoms with Crippen LogP contribution in [0.25, 0.3) is 10.9 Å². The minimum atomic E-state index is -0.322. The minimum absolute atomic E-state index is 0.123. The maximum Gasteiger partial charge on any atom is 0.253 e. The van der Waals surface area contributed by atoms with Gasteiger partial charge in [-0.15, -0.1) is 0 Å². The lowest BCUT2D eigenvalue weighted by Gasteiger charge is -2.10. The number of rotatable bonds is 3. The molecule has 6 nitrogen and oxygen atoms in total. The maximum atomic E-state index is 12.6.